The van der Waals surface area contributed by atoms with Gasteiger partial charge in [-0.3, -0.25) is 4.79 Å². The van der Waals surface area contributed by atoms with Crippen molar-refractivity contribution >= 4 is 5.91 Å². The summed E-state index contributed by atoms with van der Waals surface area (Å²) in [6.45, 7) is 7.00. The van der Waals surface area contributed by atoms with E-state index in [9.17, 15) is 9.90 Å². The molecule has 1 heterocycles. The van der Waals surface area contributed by atoms with E-state index in [1.54, 1.807) is 0 Å². The van der Waals surface area contributed by atoms with Crippen LogP contribution in [0.2, 0.25) is 0 Å². The average molecular weight is 319 g/mol. The van der Waals surface area contributed by atoms with E-state index in [1.807, 2.05) is 11.9 Å². The Bertz CT molecular complexity index is 520. The number of carbonyl (C=O) groups excluding carboxylic acids is 1. The summed E-state index contributed by atoms with van der Waals surface area (Å²) in [5.41, 5.74) is 0.656. The van der Waals surface area contributed by atoms with Crippen molar-refractivity contribution < 1.29 is 9.90 Å². The molecule has 3 aliphatic carbocycles. The van der Waals surface area contributed by atoms with Crippen molar-refractivity contribution in [2.24, 2.45) is 34.5 Å². The second kappa shape index (κ2) is 4.97. The summed E-state index contributed by atoms with van der Waals surface area (Å²) in [5.74, 6) is 2.16. The summed E-state index contributed by atoms with van der Waals surface area (Å²) in [5, 5.41) is 11.1. The van der Waals surface area contributed by atoms with Gasteiger partial charge in [0.2, 0.25) is 5.91 Å². The van der Waals surface area contributed by atoms with E-state index in [-0.39, 0.29) is 29.4 Å². The van der Waals surface area contributed by atoms with Crippen LogP contribution in [0, 0.1) is 34.5 Å². The van der Waals surface area contributed by atoms with Crippen LogP contribution >= 0.6 is 0 Å². The van der Waals surface area contributed by atoms with Crippen molar-refractivity contribution in [1.29, 1.82) is 0 Å². The molecule has 0 aromatic heterocycles. The zero-order valence-corrected chi connectivity index (χ0v) is 15.2. The third-order valence-corrected chi connectivity index (χ3v) is 8.61. The highest BCUT2D eigenvalue weighted by molar-refractivity contribution is 5.79. The third kappa shape index (κ3) is 2.01. The van der Waals surface area contributed by atoms with E-state index in [1.165, 1.54) is 32.1 Å². The lowest BCUT2D eigenvalue weighted by Gasteiger charge is -2.63. The number of piperidine rings is 1. The molecule has 0 aromatic carbocycles. The van der Waals surface area contributed by atoms with Crippen LogP contribution in [0.25, 0.3) is 0 Å². The van der Waals surface area contributed by atoms with Crippen LogP contribution in [0.1, 0.15) is 65.7 Å². The normalized spacial score (nSPS) is 56.0. The largest absolute Gasteiger partial charge is 0.393 e. The number of fused-ring (bicyclic) bond motifs is 5. The monoisotopic (exact) mass is 319 g/mol. The maximum absolute atomic E-state index is 12.5. The van der Waals surface area contributed by atoms with Gasteiger partial charge in [0, 0.05) is 19.0 Å². The predicted octanol–water partition coefficient (Wildman–Crippen LogP) is 3.46. The quantitative estimate of drug-likeness (QED) is 0.743. The lowest BCUT2D eigenvalue weighted by Crippen LogP contribution is -2.66. The van der Waals surface area contributed by atoms with Gasteiger partial charge < -0.3 is 10.0 Å². The Hall–Kier alpha value is -0.570. The van der Waals surface area contributed by atoms with Crippen LogP contribution in [-0.4, -0.2) is 35.1 Å². The molecular weight excluding hydrogens is 286 g/mol. The van der Waals surface area contributed by atoms with Gasteiger partial charge in [-0.15, -0.1) is 0 Å². The van der Waals surface area contributed by atoms with Crippen LogP contribution in [0.4, 0.5) is 0 Å². The first-order chi connectivity index (χ1) is 10.8. The Kier molecular flexibility index (Phi) is 3.44. The van der Waals surface area contributed by atoms with E-state index in [0.717, 1.165) is 12.8 Å². The highest BCUT2D eigenvalue weighted by Crippen LogP contribution is 2.64. The van der Waals surface area contributed by atoms with Crippen LogP contribution < -0.4 is 0 Å². The summed E-state index contributed by atoms with van der Waals surface area (Å²) in [6, 6.07) is 0.230. The molecule has 1 saturated heterocycles. The van der Waals surface area contributed by atoms with Crippen LogP contribution in [0.15, 0.2) is 0 Å². The summed E-state index contributed by atoms with van der Waals surface area (Å²) in [7, 11) is 1.97. The van der Waals surface area contributed by atoms with E-state index in [0.29, 0.717) is 23.2 Å². The molecule has 4 fully saturated rings. The Morgan fingerprint density at radius 1 is 1.17 bits per heavy atom. The molecule has 3 saturated carbocycles. The average Bonchev–Trinajstić information content (AvgIpc) is 2.89. The van der Waals surface area contributed by atoms with Crippen molar-refractivity contribution in [1.82, 2.24) is 4.90 Å². The molecule has 3 nitrogen and oxygen atoms in total. The standard InChI is InChI=1S/C20H33NO2/c1-12-11-20(3)14-7-9-19(2)8-5-6-13(19)17(14)15(22)10-16(20)21(4)18(12)23/h12-17,22H,5-11H2,1-4H3/t12?,13-,14+,15?,16?,17-,19-,20+/m0/s1. The van der Waals surface area contributed by atoms with E-state index >= 15 is 0 Å². The van der Waals surface area contributed by atoms with Crippen molar-refractivity contribution in [3.05, 3.63) is 0 Å². The maximum Gasteiger partial charge on any atom is 0.225 e. The summed E-state index contributed by atoms with van der Waals surface area (Å²) < 4.78 is 0. The Labute approximate surface area is 140 Å². The number of hydrogen-bond donors (Lipinski definition) is 1. The Morgan fingerprint density at radius 2 is 1.91 bits per heavy atom. The summed E-state index contributed by atoms with van der Waals surface area (Å²) in [4.78, 5) is 14.4. The Morgan fingerprint density at radius 3 is 2.65 bits per heavy atom. The molecule has 8 atom stereocenters. The van der Waals surface area contributed by atoms with Crippen molar-refractivity contribution in [2.45, 2.75) is 77.9 Å². The fourth-order valence-corrected chi connectivity index (χ4v) is 7.53. The van der Waals surface area contributed by atoms with Gasteiger partial charge in [-0.1, -0.05) is 27.2 Å². The van der Waals surface area contributed by atoms with E-state index < -0.39 is 0 Å². The molecule has 0 spiro atoms. The molecule has 4 rings (SSSR count). The third-order valence-electron chi connectivity index (χ3n) is 8.61. The smallest absolute Gasteiger partial charge is 0.225 e. The second-order valence-electron chi connectivity index (χ2n) is 9.75. The van der Waals surface area contributed by atoms with Gasteiger partial charge in [0.1, 0.15) is 0 Å². The minimum Gasteiger partial charge on any atom is -0.393 e. The topological polar surface area (TPSA) is 40.5 Å². The zero-order chi connectivity index (χ0) is 16.6. The van der Waals surface area contributed by atoms with Gasteiger partial charge in [-0.2, -0.15) is 0 Å². The Balaban J connectivity index is 1.72. The molecule has 0 radical (unpaired) electrons. The van der Waals surface area contributed by atoms with E-state index in [2.05, 4.69) is 20.8 Å². The first-order valence-corrected chi connectivity index (χ1v) is 9.73. The van der Waals surface area contributed by atoms with Crippen molar-refractivity contribution in [3.63, 3.8) is 0 Å². The maximum atomic E-state index is 12.5. The number of amides is 1. The van der Waals surface area contributed by atoms with Crippen LogP contribution in [0.5, 0.6) is 0 Å². The van der Waals surface area contributed by atoms with E-state index in [4.69, 9.17) is 0 Å². The zero-order valence-electron chi connectivity index (χ0n) is 15.2. The molecule has 3 heteroatoms. The molecule has 1 amide bonds. The van der Waals surface area contributed by atoms with Crippen LogP contribution in [-0.2, 0) is 4.79 Å². The highest BCUT2D eigenvalue weighted by atomic mass is 16.3. The van der Waals surface area contributed by atoms with Crippen LogP contribution in [0.3, 0.4) is 0 Å². The molecule has 130 valence electrons. The van der Waals surface area contributed by atoms with Gasteiger partial charge >= 0.3 is 0 Å². The number of carbonyl (C=O) groups is 1. The molecule has 0 bridgehead atoms. The van der Waals surface area contributed by atoms with Gasteiger partial charge in [0.05, 0.1) is 6.10 Å². The molecular formula is C20H33NO2. The lowest BCUT2D eigenvalue weighted by atomic mass is 9.46. The molecule has 1 N–H and O–H groups in total. The molecule has 0 aromatic rings. The number of aliphatic hydroxyl groups is 1. The number of rotatable bonds is 0. The molecule has 3 unspecified atom stereocenters. The number of aliphatic hydroxyl groups excluding tert-OH is 1. The molecule has 23 heavy (non-hydrogen) atoms. The number of hydrogen-bond acceptors (Lipinski definition) is 2. The predicted molar refractivity (Wildman–Crippen MR) is 90.7 cm³/mol. The van der Waals surface area contributed by atoms with Crippen molar-refractivity contribution in [3.8, 4) is 0 Å². The minimum atomic E-state index is -0.218. The van der Waals surface area contributed by atoms with Gasteiger partial charge in [-0.25, -0.2) is 0 Å². The van der Waals surface area contributed by atoms with Crippen molar-refractivity contribution in [2.75, 3.05) is 7.05 Å². The fraction of sp³-hybridized carbons (Fsp3) is 0.950. The minimum absolute atomic E-state index is 0.133. The highest BCUT2D eigenvalue weighted by Gasteiger charge is 2.62. The molecule has 1 aliphatic heterocycles. The number of likely N-dealkylation sites (tertiary alicyclic amines) is 1. The second-order valence-corrected chi connectivity index (χ2v) is 9.75. The van der Waals surface area contributed by atoms with Gasteiger partial charge in [-0.05, 0) is 67.1 Å². The summed E-state index contributed by atoms with van der Waals surface area (Å²) in [6.07, 6.45) is 8.15. The SMILES string of the molecule is CC1C[C@@]2(C)C(CC(O)[C@@H]3[C@H]2CC[C@]2(C)CCC[C@@H]32)N(C)C1=O. The first-order valence-electron chi connectivity index (χ1n) is 9.73. The van der Waals surface area contributed by atoms with Gasteiger partial charge in [0.25, 0.3) is 0 Å². The fourth-order valence-electron chi connectivity index (χ4n) is 7.53. The summed E-state index contributed by atoms with van der Waals surface area (Å²) >= 11 is 0. The molecule has 4 aliphatic rings. The van der Waals surface area contributed by atoms with Gasteiger partial charge in [0.15, 0.2) is 0 Å². The number of nitrogens with zero attached hydrogens (tertiary/aromatic N) is 1. The first kappa shape index (κ1) is 15.9. The lowest BCUT2D eigenvalue weighted by molar-refractivity contribution is -0.184.